The molecule has 0 bridgehead atoms. The van der Waals surface area contributed by atoms with Crippen molar-refractivity contribution < 1.29 is 4.42 Å². The van der Waals surface area contributed by atoms with Gasteiger partial charge in [0.05, 0.1) is 6.26 Å². The second kappa shape index (κ2) is 2.49. The second-order valence-electron chi connectivity index (χ2n) is 1.99. The van der Waals surface area contributed by atoms with Crippen LogP contribution in [-0.2, 0) is 0 Å². The number of nitrogens with one attached hydrogen (secondary N) is 1. The molecule has 2 rings (SSSR count). The standard InChI is InChI=1S/C5H3ClN4O2/c6-3-1-2-12-4(3)10-5(11)7-8-9-10/h1-2H,(H,7,9,11). The number of tetrazole rings is 1. The monoisotopic (exact) mass is 186 g/mol. The molecule has 0 aliphatic heterocycles. The lowest BCUT2D eigenvalue weighted by Crippen LogP contribution is -2.15. The second-order valence-corrected chi connectivity index (χ2v) is 2.40. The number of aromatic amines is 1. The van der Waals surface area contributed by atoms with Crippen LogP contribution in [0, 0.1) is 0 Å². The fourth-order valence-corrected chi connectivity index (χ4v) is 0.944. The van der Waals surface area contributed by atoms with E-state index in [9.17, 15) is 4.79 Å². The number of halogens is 1. The molecule has 0 aliphatic carbocycles. The molecule has 0 amide bonds. The number of H-pyrrole nitrogens is 1. The highest BCUT2D eigenvalue weighted by atomic mass is 35.5. The summed E-state index contributed by atoms with van der Waals surface area (Å²) < 4.78 is 5.83. The van der Waals surface area contributed by atoms with E-state index in [0.717, 1.165) is 4.68 Å². The maximum atomic E-state index is 10.9. The van der Waals surface area contributed by atoms with E-state index in [1.807, 2.05) is 0 Å². The summed E-state index contributed by atoms with van der Waals surface area (Å²) in [6, 6.07) is 1.51. The van der Waals surface area contributed by atoms with Gasteiger partial charge in [0, 0.05) is 0 Å². The van der Waals surface area contributed by atoms with Gasteiger partial charge in [-0.1, -0.05) is 11.6 Å². The topological polar surface area (TPSA) is 76.7 Å². The largest absolute Gasteiger partial charge is 0.445 e. The molecule has 2 heterocycles. The number of hydrogen-bond acceptors (Lipinski definition) is 4. The van der Waals surface area contributed by atoms with Crippen LogP contribution in [0.25, 0.3) is 5.88 Å². The summed E-state index contributed by atoms with van der Waals surface area (Å²) in [6.45, 7) is 0. The first-order valence-corrected chi connectivity index (χ1v) is 3.40. The van der Waals surface area contributed by atoms with Crippen molar-refractivity contribution in [3.63, 3.8) is 0 Å². The van der Waals surface area contributed by atoms with E-state index in [1.54, 1.807) is 0 Å². The van der Waals surface area contributed by atoms with Crippen LogP contribution in [0.3, 0.4) is 0 Å². The number of aromatic nitrogens is 4. The molecule has 0 aliphatic rings. The highest BCUT2D eigenvalue weighted by molar-refractivity contribution is 6.32. The summed E-state index contributed by atoms with van der Waals surface area (Å²) in [4.78, 5) is 10.9. The first kappa shape index (κ1) is 7.11. The van der Waals surface area contributed by atoms with Crippen molar-refractivity contribution in [3.05, 3.63) is 27.8 Å². The fraction of sp³-hybridized carbons (Fsp3) is 0. The van der Waals surface area contributed by atoms with Gasteiger partial charge in [-0.25, -0.2) is 9.89 Å². The summed E-state index contributed by atoms with van der Waals surface area (Å²) in [5, 5.41) is 9.14. The minimum absolute atomic E-state index is 0.162. The Kier molecular flexibility index (Phi) is 1.47. The van der Waals surface area contributed by atoms with Crippen molar-refractivity contribution in [1.29, 1.82) is 0 Å². The molecule has 2 aromatic rings. The van der Waals surface area contributed by atoms with Crippen molar-refractivity contribution in [1.82, 2.24) is 20.2 Å². The lowest BCUT2D eigenvalue weighted by Gasteiger charge is -1.89. The molecule has 7 heteroatoms. The Bertz CT molecular complexity index is 442. The van der Waals surface area contributed by atoms with Gasteiger partial charge in [0.2, 0.25) is 5.88 Å². The lowest BCUT2D eigenvalue weighted by atomic mass is 10.6. The van der Waals surface area contributed by atoms with Crippen LogP contribution in [-0.4, -0.2) is 20.2 Å². The average molecular weight is 187 g/mol. The number of hydrogen-bond donors (Lipinski definition) is 1. The molecule has 0 radical (unpaired) electrons. The minimum atomic E-state index is -0.494. The van der Waals surface area contributed by atoms with Gasteiger partial charge in [0.15, 0.2) is 0 Å². The zero-order valence-electron chi connectivity index (χ0n) is 5.69. The number of furan rings is 1. The Morgan fingerprint density at radius 1 is 1.67 bits per heavy atom. The molecule has 0 saturated heterocycles. The molecule has 0 aromatic carbocycles. The van der Waals surface area contributed by atoms with E-state index < -0.39 is 5.69 Å². The summed E-state index contributed by atoms with van der Waals surface area (Å²) in [5.41, 5.74) is -0.494. The van der Waals surface area contributed by atoms with Gasteiger partial charge in [-0.15, -0.1) is 4.68 Å². The predicted molar refractivity (Wildman–Crippen MR) is 39.3 cm³/mol. The third-order valence-electron chi connectivity index (χ3n) is 1.26. The molecule has 12 heavy (non-hydrogen) atoms. The van der Waals surface area contributed by atoms with Crippen LogP contribution in [0.2, 0.25) is 5.02 Å². The Hall–Kier alpha value is -1.56. The average Bonchev–Trinajstić information content (AvgIpc) is 2.59. The van der Waals surface area contributed by atoms with E-state index in [0.29, 0.717) is 5.02 Å². The molecular formula is C5H3ClN4O2. The maximum Gasteiger partial charge on any atom is 0.368 e. The fourth-order valence-electron chi connectivity index (χ4n) is 0.768. The highest BCUT2D eigenvalue weighted by Crippen LogP contribution is 2.18. The molecule has 1 N–H and O–H groups in total. The van der Waals surface area contributed by atoms with Gasteiger partial charge in [0.1, 0.15) is 5.02 Å². The van der Waals surface area contributed by atoms with Crippen molar-refractivity contribution in [3.8, 4) is 5.88 Å². The number of rotatable bonds is 1. The summed E-state index contributed by atoms with van der Waals surface area (Å²) >= 11 is 5.67. The minimum Gasteiger partial charge on any atom is -0.445 e. The quantitative estimate of drug-likeness (QED) is 0.690. The predicted octanol–water partition coefficient (Wildman–Crippen LogP) is 0.202. The van der Waals surface area contributed by atoms with Gasteiger partial charge >= 0.3 is 5.69 Å². The van der Waals surface area contributed by atoms with Crippen LogP contribution < -0.4 is 5.69 Å². The first-order valence-electron chi connectivity index (χ1n) is 3.03. The van der Waals surface area contributed by atoms with E-state index >= 15 is 0 Å². The van der Waals surface area contributed by atoms with Gasteiger partial charge < -0.3 is 4.42 Å². The van der Waals surface area contributed by atoms with E-state index in [-0.39, 0.29) is 5.88 Å². The Morgan fingerprint density at radius 3 is 3.00 bits per heavy atom. The van der Waals surface area contributed by atoms with Crippen molar-refractivity contribution in [2.24, 2.45) is 0 Å². The maximum absolute atomic E-state index is 10.9. The van der Waals surface area contributed by atoms with E-state index in [1.165, 1.54) is 12.3 Å². The molecule has 6 nitrogen and oxygen atoms in total. The van der Waals surface area contributed by atoms with Crippen LogP contribution >= 0.6 is 11.6 Å². The Labute approximate surface area is 70.7 Å². The molecule has 2 aromatic heterocycles. The summed E-state index contributed by atoms with van der Waals surface area (Å²) in [5.74, 6) is 0.162. The first-order chi connectivity index (χ1) is 5.79. The van der Waals surface area contributed by atoms with Crippen molar-refractivity contribution in [2.45, 2.75) is 0 Å². The van der Waals surface area contributed by atoms with Gasteiger partial charge in [-0.3, -0.25) is 0 Å². The highest BCUT2D eigenvalue weighted by Gasteiger charge is 2.09. The molecule has 0 atom stereocenters. The molecular weight excluding hydrogens is 184 g/mol. The summed E-state index contributed by atoms with van der Waals surface area (Å²) in [6.07, 6.45) is 1.36. The van der Waals surface area contributed by atoms with Crippen LogP contribution in [0.4, 0.5) is 0 Å². The lowest BCUT2D eigenvalue weighted by molar-refractivity contribution is 0.512. The van der Waals surface area contributed by atoms with Crippen molar-refractivity contribution in [2.75, 3.05) is 0 Å². The van der Waals surface area contributed by atoms with Crippen LogP contribution in [0.15, 0.2) is 21.5 Å². The van der Waals surface area contributed by atoms with E-state index in [2.05, 4.69) is 15.5 Å². The molecule has 62 valence electrons. The van der Waals surface area contributed by atoms with Crippen LogP contribution in [0.5, 0.6) is 0 Å². The molecule has 0 fully saturated rings. The zero-order valence-corrected chi connectivity index (χ0v) is 6.45. The molecule has 0 spiro atoms. The smallest absolute Gasteiger partial charge is 0.368 e. The van der Waals surface area contributed by atoms with Gasteiger partial charge in [-0.05, 0) is 16.5 Å². The Morgan fingerprint density at radius 2 is 2.50 bits per heavy atom. The van der Waals surface area contributed by atoms with Crippen LogP contribution in [0.1, 0.15) is 0 Å². The third kappa shape index (κ3) is 0.928. The van der Waals surface area contributed by atoms with E-state index in [4.69, 9.17) is 16.0 Å². The van der Waals surface area contributed by atoms with Gasteiger partial charge in [0.25, 0.3) is 0 Å². The summed E-state index contributed by atoms with van der Waals surface area (Å²) in [7, 11) is 0. The SMILES string of the molecule is O=c1[nH]nnn1-c1occc1Cl. The normalized spacial score (nSPS) is 10.4. The third-order valence-corrected chi connectivity index (χ3v) is 1.55. The van der Waals surface area contributed by atoms with Gasteiger partial charge in [-0.2, -0.15) is 0 Å². The molecule has 0 saturated carbocycles. The Balaban J connectivity index is 2.65. The zero-order chi connectivity index (χ0) is 8.55. The number of nitrogens with zero attached hydrogens (tertiary/aromatic N) is 3. The molecule has 0 unspecified atom stereocenters. The van der Waals surface area contributed by atoms with Crippen molar-refractivity contribution >= 4 is 11.6 Å².